The standard InChI is InChI=1S/C26H33N5O4/c1-26(2,3)35-25(32)31(4)16-19-9-7-8-18(12-19)15-27-23-14-24(29-17-28-23)30-21-11-10-20(33-5)13-22(21)34-6/h7-14,17H,15-16H2,1-6H3,(H2,27,28,29,30). The summed E-state index contributed by atoms with van der Waals surface area (Å²) in [5.41, 5.74) is 2.31. The van der Waals surface area contributed by atoms with Crippen LogP contribution in [0.3, 0.4) is 0 Å². The number of amides is 1. The number of benzene rings is 2. The fourth-order valence-electron chi connectivity index (χ4n) is 3.27. The van der Waals surface area contributed by atoms with Crippen LogP contribution in [0.15, 0.2) is 54.9 Å². The van der Waals surface area contributed by atoms with Gasteiger partial charge in [0.15, 0.2) is 0 Å². The third-order valence-corrected chi connectivity index (χ3v) is 4.93. The van der Waals surface area contributed by atoms with Gasteiger partial charge in [-0.15, -0.1) is 0 Å². The summed E-state index contributed by atoms with van der Waals surface area (Å²) < 4.78 is 16.1. The van der Waals surface area contributed by atoms with E-state index in [2.05, 4.69) is 26.7 Å². The maximum atomic E-state index is 12.3. The molecule has 3 aromatic rings. The molecule has 0 radical (unpaired) electrons. The predicted molar refractivity (Wildman–Crippen MR) is 136 cm³/mol. The van der Waals surface area contributed by atoms with Gasteiger partial charge in [0.25, 0.3) is 0 Å². The monoisotopic (exact) mass is 479 g/mol. The van der Waals surface area contributed by atoms with Gasteiger partial charge in [0.05, 0.1) is 19.9 Å². The summed E-state index contributed by atoms with van der Waals surface area (Å²) in [4.78, 5) is 22.4. The van der Waals surface area contributed by atoms with Gasteiger partial charge < -0.3 is 29.7 Å². The Morgan fingerprint density at radius 3 is 2.43 bits per heavy atom. The van der Waals surface area contributed by atoms with E-state index in [-0.39, 0.29) is 6.09 Å². The second kappa shape index (κ2) is 11.4. The summed E-state index contributed by atoms with van der Waals surface area (Å²) in [5, 5.41) is 6.57. The molecule has 1 aromatic heterocycles. The molecule has 3 rings (SSSR count). The van der Waals surface area contributed by atoms with E-state index in [1.165, 1.54) is 6.33 Å². The Bertz CT molecular complexity index is 1150. The Kier molecular flexibility index (Phi) is 8.35. The molecule has 0 unspecified atom stereocenters. The second-order valence-electron chi connectivity index (χ2n) is 8.99. The molecule has 1 amide bonds. The highest BCUT2D eigenvalue weighted by molar-refractivity contribution is 5.68. The average molecular weight is 480 g/mol. The van der Waals surface area contributed by atoms with Gasteiger partial charge in [-0.05, 0) is 44.0 Å². The average Bonchev–Trinajstić information content (AvgIpc) is 2.82. The first-order chi connectivity index (χ1) is 16.7. The minimum absolute atomic E-state index is 0.351. The van der Waals surface area contributed by atoms with Crippen molar-refractivity contribution in [2.24, 2.45) is 0 Å². The summed E-state index contributed by atoms with van der Waals surface area (Å²) in [7, 11) is 4.94. The summed E-state index contributed by atoms with van der Waals surface area (Å²) in [6.07, 6.45) is 1.14. The van der Waals surface area contributed by atoms with E-state index in [9.17, 15) is 4.79 Å². The van der Waals surface area contributed by atoms with Gasteiger partial charge in [-0.2, -0.15) is 0 Å². The normalized spacial score (nSPS) is 10.9. The maximum absolute atomic E-state index is 12.3. The van der Waals surface area contributed by atoms with Crippen molar-refractivity contribution < 1.29 is 19.0 Å². The van der Waals surface area contributed by atoms with Crippen molar-refractivity contribution in [2.45, 2.75) is 39.5 Å². The number of methoxy groups -OCH3 is 2. The number of nitrogens with one attached hydrogen (secondary N) is 2. The number of carbonyl (C=O) groups is 1. The van der Waals surface area contributed by atoms with Gasteiger partial charge >= 0.3 is 6.09 Å². The van der Waals surface area contributed by atoms with E-state index >= 15 is 0 Å². The summed E-state index contributed by atoms with van der Waals surface area (Å²) in [6, 6.07) is 15.4. The minimum Gasteiger partial charge on any atom is -0.497 e. The lowest BCUT2D eigenvalue weighted by molar-refractivity contribution is 0.0285. The summed E-state index contributed by atoms with van der Waals surface area (Å²) in [5.74, 6) is 2.65. The molecule has 0 fully saturated rings. The van der Waals surface area contributed by atoms with Crippen LogP contribution in [0.2, 0.25) is 0 Å². The fraction of sp³-hybridized carbons (Fsp3) is 0.346. The van der Waals surface area contributed by atoms with E-state index in [0.29, 0.717) is 36.2 Å². The van der Waals surface area contributed by atoms with E-state index < -0.39 is 5.60 Å². The van der Waals surface area contributed by atoms with Crippen LogP contribution in [0, 0.1) is 0 Å². The third kappa shape index (κ3) is 7.77. The Morgan fingerprint density at radius 1 is 0.971 bits per heavy atom. The molecule has 0 atom stereocenters. The maximum Gasteiger partial charge on any atom is 0.410 e. The molecule has 2 N–H and O–H groups in total. The topological polar surface area (TPSA) is 97.8 Å². The number of carbonyl (C=O) groups excluding carboxylic acids is 1. The molecular weight excluding hydrogens is 446 g/mol. The largest absolute Gasteiger partial charge is 0.497 e. The zero-order chi connectivity index (χ0) is 25.4. The molecule has 0 saturated heterocycles. The van der Waals surface area contributed by atoms with Gasteiger partial charge in [-0.3, -0.25) is 0 Å². The lowest BCUT2D eigenvalue weighted by Crippen LogP contribution is -2.33. The Morgan fingerprint density at radius 2 is 1.71 bits per heavy atom. The Balaban J connectivity index is 1.62. The molecule has 0 aliphatic rings. The first-order valence-electron chi connectivity index (χ1n) is 11.2. The smallest absolute Gasteiger partial charge is 0.410 e. The van der Waals surface area contributed by atoms with Crippen molar-refractivity contribution in [3.8, 4) is 11.5 Å². The van der Waals surface area contributed by atoms with Crippen LogP contribution in [-0.4, -0.2) is 47.8 Å². The number of rotatable bonds is 9. The quantitative estimate of drug-likeness (QED) is 0.431. The van der Waals surface area contributed by atoms with Crippen LogP contribution in [0.5, 0.6) is 11.5 Å². The lowest BCUT2D eigenvalue weighted by Gasteiger charge is -2.24. The van der Waals surface area contributed by atoms with E-state index in [1.807, 2.05) is 57.2 Å². The van der Waals surface area contributed by atoms with Crippen molar-refractivity contribution >= 4 is 23.4 Å². The van der Waals surface area contributed by atoms with Gasteiger partial charge in [0.1, 0.15) is 35.1 Å². The molecule has 0 saturated carbocycles. The summed E-state index contributed by atoms with van der Waals surface area (Å²) >= 11 is 0. The Labute approximate surface area is 206 Å². The van der Waals surface area contributed by atoms with Crippen LogP contribution in [-0.2, 0) is 17.8 Å². The predicted octanol–water partition coefficient (Wildman–Crippen LogP) is 5.22. The molecule has 0 bridgehead atoms. The molecule has 9 nitrogen and oxygen atoms in total. The highest BCUT2D eigenvalue weighted by Crippen LogP contribution is 2.31. The van der Waals surface area contributed by atoms with Crippen molar-refractivity contribution in [2.75, 3.05) is 31.9 Å². The molecule has 0 spiro atoms. The zero-order valence-corrected chi connectivity index (χ0v) is 21.1. The molecule has 9 heteroatoms. The highest BCUT2D eigenvalue weighted by atomic mass is 16.6. The van der Waals surface area contributed by atoms with Gasteiger partial charge in [-0.1, -0.05) is 24.3 Å². The molecule has 35 heavy (non-hydrogen) atoms. The van der Waals surface area contributed by atoms with Crippen molar-refractivity contribution in [1.29, 1.82) is 0 Å². The number of ether oxygens (including phenoxy) is 3. The van der Waals surface area contributed by atoms with Crippen molar-refractivity contribution in [3.63, 3.8) is 0 Å². The molecule has 0 aliphatic heterocycles. The molecule has 2 aromatic carbocycles. The van der Waals surface area contributed by atoms with Gasteiger partial charge in [0, 0.05) is 32.3 Å². The van der Waals surface area contributed by atoms with Crippen molar-refractivity contribution in [1.82, 2.24) is 14.9 Å². The molecule has 186 valence electrons. The van der Waals surface area contributed by atoms with E-state index in [4.69, 9.17) is 14.2 Å². The minimum atomic E-state index is -0.527. The number of anilines is 3. The van der Waals surface area contributed by atoms with Crippen LogP contribution < -0.4 is 20.1 Å². The SMILES string of the molecule is COc1ccc(Nc2cc(NCc3cccc(CN(C)C(=O)OC(C)(C)C)c3)ncn2)c(OC)c1. The van der Waals surface area contributed by atoms with Crippen LogP contribution >= 0.6 is 0 Å². The number of nitrogens with zero attached hydrogens (tertiary/aromatic N) is 3. The molecule has 0 aliphatic carbocycles. The fourth-order valence-corrected chi connectivity index (χ4v) is 3.27. The number of hydrogen-bond acceptors (Lipinski definition) is 8. The van der Waals surface area contributed by atoms with E-state index in [0.717, 1.165) is 16.8 Å². The van der Waals surface area contributed by atoms with Gasteiger partial charge in [-0.25, -0.2) is 14.8 Å². The third-order valence-electron chi connectivity index (χ3n) is 4.93. The van der Waals surface area contributed by atoms with Crippen LogP contribution in [0.1, 0.15) is 31.9 Å². The zero-order valence-electron chi connectivity index (χ0n) is 21.1. The number of hydrogen-bond donors (Lipinski definition) is 2. The molecule has 1 heterocycles. The first kappa shape index (κ1) is 25.6. The van der Waals surface area contributed by atoms with Gasteiger partial charge in [0.2, 0.25) is 0 Å². The number of aromatic nitrogens is 2. The Hall–Kier alpha value is -4.01. The van der Waals surface area contributed by atoms with Crippen LogP contribution in [0.25, 0.3) is 0 Å². The lowest BCUT2D eigenvalue weighted by atomic mass is 10.1. The highest BCUT2D eigenvalue weighted by Gasteiger charge is 2.19. The first-order valence-corrected chi connectivity index (χ1v) is 11.2. The van der Waals surface area contributed by atoms with E-state index in [1.54, 1.807) is 32.2 Å². The second-order valence-corrected chi connectivity index (χ2v) is 8.99. The summed E-state index contributed by atoms with van der Waals surface area (Å²) in [6.45, 7) is 6.58. The van der Waals surface area contributed by atoms with Crippen molar-refractivity contribution in [3.05, 3.63) is 66.0 Å². The van der Waals surface area contributed by atoms with Crippen LogP contribution in [0.4, 0.5) is 22.1 Å². The molecular formula is C26H33N5O4.